The first-order valence-electron chi connectivity index (χ1n) is 11.4. The van der Waals surface area contributed by atoms with Crippen LogP contribution in [0.25, 0.3) is 0 Å². The molecule has 0 spiro atoms. The Labute approximate surface area is 197 Å². The molecule has 0 aromatic heterocycles. The molecule has 12 heteroatoms. The van der Waals surface area contributed by atoms with Gasteiger partial charge in [0, 0.05) is 5.57 Å². The van der Waals surface area contributed by atoms with E-state index in [0.29, 0.717) is 5.57 Å². The minimum absolute atomic E-state index is 0.442. The van der Waals surface area contributed by atoms with Crippen molar-refractivity contribution in [3.8, 4) is 0 Å². The van der Waals surface area contributed by atoms with Gasteiger partial charge < -0.3 is 54.7 Å². The summed E-state index contributed by atoms with van der Waals surface area (Å²) in [7, 11) is 0. The fourth-order valence-corrected chi connectivity index (χ4v) is 4.78. The molecular formula is C22H36O12. The number of carbonyl (C=O) groups excluding carboxylic acids is 1. The third kappa shape index (κ3) is 5.46. The van der Waals surface area contributed by atoms with Crippen molar-refractivity contribution >= 4 is 5.97 Å². The van der Waals surface area contributed by atoms with Crippen LogP contribution in [0.3, 0.4) is 0 Å². The van der Waals surface area contributed by atoms with Gasteiger partial charge in [-0.2, -0.15) is 0 Å². The maximum Gasteiger partial charge on any atom is 0.336 e. The highest BCUT2D eigenvalue weighted by Crippen LogP contribution is 2.41. The quantitative estimate of drug-likeness (QED) is 0.196. The zero-order valence-corrected chi connectivity index (χ0v) is 19.5. The molecule has 0 radical (unpaired) electrons. The second-order valence-electron chi connectivity index (χ2n) is 9.84. The number of hydrogen-bond acceptors (Lipinski definition) is 12. The zero-order valence-electron chi connectivity index (χ0n) is 19.5. The molecule has 2 fully saturated rings. The number of aliphatic hydroxyl groups is 7. The second kappa shape index (κ2) is 10.8. The Kier molecular flexibility index (Phi) is 8.72. The molecule has 2 aliphatic heterocycles. The topological polar surface area (TPSA) is 196 Å². The summed E-state index contributed by atoms with van der Waals surface area (Å²) >= 11 is 0. The molecule has 0 aromatic carbocycles. The fraction of sp³-hybridized carbons (Fsp3) is 0.864. The Morgan fingerprint density at radius 2 is 1.47 bits per heavy atom. The van der Waals surface area contributed by atoms with Gasteiger partial charge in [-0.3, -0.25) is 0 Å². The van der Waals surface area contributed by atoms with Gasteiger partial charge in [-0.25, -0.2) is 4.79 Å². The van der Waals surface area contributed by atoms with Crippen molar-refractivity contribution in [1.82, 2.24) is 0 Å². The van der Waals surface area contributed by atoms with Crippen LogP contribution >= 0.6 is 0 Å². The molecule has 3 rings (SSSR count). The summed E-state index contributed by atoms with van der Waals surface area (Å²) in [5.41, 5.74) is 0.905. The fourth-order valence-electron chi connectivity index (χ4n) is 4.78. The maximum absolute atomic E-state index is 12.9. The maximum atomic E-state index is 12.9. The monoisotopic (exact) mass is 492 g/mol. The highest BCUT2D eigenvalue weighted by molar-refractivity contribution is 5.91. The van der Waals surface area contributed by atoms with Crippen LogP contribution in [0.1, 0.15) is 40.0 Å². The molecule has 1 aliphatic carbocycles. The van der Waals surface area contributed by atoms with Gasteiger partial charge in [0.15, 0.2) is 6.29 Å². The van der Waals surface area contributed by atoms with Crippen molar-refractivity contribution in [2.45, 2.75) is 101 Å². The summed E-state index contributed by atoms with van der Waals surface area (Å²) < 4.78 is 21.5. The second-order valence-corrected chi connectivity index (χ2v) is 9.84. The van der Waals surface area contributed by atoms with E-state index in [1.165, 1.54) is 0 Å². The van der Waals surface area contributed by atoms with Crippen LogP contribution in [-0.4, -0.2) is 116 Å². The van der Waals surface area contributed by atoms with Crippen molar-refractivity contribution in [2.24, 2.45) is 5.41 Å². The number of hydrogen-bond donors (Lipinski definition) is 7. The SMILES string of the molecule is CC1=C(C(=O)O[C@H]2O[C@@H](CO[C@@H]3O[C@H](CO)[C@H](O)[C@H](O)[C@@H]3O)[C@H](O)[C@@H](O)[C@@H]2O)C(C)(C)CCC1. The first-order valence-corrected chi connectivity index (χ1v) is 11.4. The van der Waals surface area contributed by atoms with Crippen LogP contribution in [0.2, 0.25) is 0 Å². The van der Waals surface area contributed by atoms with Crippen molar-refractivity contribution in [3.63, 3.8) is 0 Å². The van der Waals surface area contributed by atoms with Gasteiger partial charge in [0.25, 0.3) is 0 Å². The van der Waals surface area contributed by atoms with Crippen molar-refractivity contribution in [3.05, 3.63) is 11.1 Å². The van der Waals surface area contributed by atoms with E-state index in [0.717, 1.165) is 24.8 Å². The van der Waals surface area contributed by atoms with E-state index in [4.69, 9.17) is 18.9 Å². The average molecular weight is 493 g/mol. The number of ether oxygens (including phenoxy) is 4. The minimum atomic E-state index is -1.73. The van der Waals surface area contributed by atoms with Gasteiger partial charge in [0.2, 0.25) is 6.29 Å². The van der Waals surface area contributed by atoms with Crippen LogP contribution in [0.5, 0.6) is 0 Å². The standard InChI is InChI=1S/C22H36O12/c1-9-5-4-6-22(2,3)12(9)19(30)34-21-18(29)16(27)14(25)11(33-21)8-31-20-17(28)15(26)13(24)10(7-23)32-20/h10-11,13-18,20-21,23-29H,4-8H2,1-3H3/t10-,11+,13+,14+,15+,16-,17+,18+,20-,21-/m1/s1. The predicted octanol–water partition coefficient (Wildman–Crippen LogP) is -2.32. The highest BCUT2D eigenvalue weighted by atomic mass is 16.7. The van der Waals surface area contributed by atoms with Crippen molar-refractivity contribution in [2.75, 3.05) is 13.2 Å². The summed E-state index contributed by atoms with van der Waals surface area (Å²) in [6, 6.07) is 0. The van der Waals surface area contributed by atoms with Crippen LogP contribution in [0.4, 0.5) is 0 Å². The van der Waals surface area contributed by atoms with Crippen LogP contribution in [-0.2, 0) is 23.7 Å². The Morgan fingerprint density at radius 1 is 0.912 bits per heavy atom. The Morgan fingerprint density at radius 3 is 2.06 bits per heavy atom. The van der Waals surface area contributed by atoms with E-state index in [-0.39, 0.29) is 0 Å². The Hall–Kier alpha value is -1.19. The lowest BCUT2D eigenvalue weighted by atomic mass is 9.73. The number of esters is 1. The van der Waals surface area contributed by atoms with E-state index in [2.05, 4.69) is 0 Å². The Bertz CT molecular complexity index is 752. The third-order valence-electron chi connectivity index (χ3n) is 6.83. The van der Waals surface area contributed by atoms with Gasteiger partial charge in [-0.1, -0.05) is 19.4 Å². The van der Waals surface area contributed by atoms with Crippen molar-refractivity contribution < 1.29 is 59.5 Å². The zero-order chi connectivity index (χ0) is 25.4. The number of allylic oxidation sites excluding steroid dienone is 1. The summed E-state index contributed by atoms with van der Waals surface area (Å²) in [5.74, 6) is -0.691. The Balaban J connectivity index is 1.67. The van der Waals surface area contributed by atoms with E-state index < -0.39 is 86.0 Å². The summed E-state index contributed by atoms with van der Waals surface area (Å²) in [6.45, 7) is 4.52. The lowest BCUT2D eigenvalue weighted by Crippen LogP contribution is -2.62. The smallest absolute Gasteiger partial charge is 0.336 e. The van der Waals surface area contributed by atoms with E-state index in [1.807, 2.05) is 20.8 Å². The number of carbonyl (C=O) groups is 1. The number of aliphatic hydroxyl groups excluding tert-OH is 7. The van der Waals surface area contributed by atoms with Crippen molar-refractivity contribution in [1.29, 1.82) is 0 Å². The molecule has 0 saturated carbocycles. The molecule has 0 aromatic rings. The molecule has 12 nitrogen and oxygen atoms in total. The third-order valence-corrected chi connectivity index (χ3v) is 6.83. The molecule has 0 unspecified atom stereocenters. The van der Waals surface area contributed by atoms with Gasteiger partial charge in [-0.15, -0.1) is 0 Å². The van der Waals surface area contributed by atoms with Gasteiger partial charge in [0.1, 0.15) is 48.8 Å². The molecule has 0 bridgehead atoms. The average Bonchev–Trinajstić information content (AvgIpc) is 2.77. The minimum Gasteiger partial charge on any atom is -0.429 e. The van der Waals surface area contributed by atoms with Crippen LogP contribution in [0, 0.1) is 5.41 Å². The first-order chi connectivity index (χ1) is 15.9. The summed E-state index contributed by atoms with van der Waals surface area (Å²) in [5, 5.41) is 70.0. The molecule has 34 heavy (non-hydrogen) atoms. The summed E-state index contributed by atoms with van der Waals surface area (Å²) in [6.07, 6.45) is -13.2. The molecular weight excluding hydrogens is 456 g/mol. The van der Waals surface area contributed by atoms with E-state index in [9.17, 15) is 40.5 Å². The van der Waals surface area contributed by atoms with Gasteiger partial charge in [-0.05, 0) is 31.6 Å². The van der Waals surface area contributed by atoms with E-state index in [1.54, 1.807) is 0 Å². The largest absolute Gasteiger partial charge is 0.429 e. The molecule has 3 aliphatic rings. The number of rotatable bonds is 6. The molecule has 2 heterocycles. The van der Waals surface area contributed by atoms with E-state index >= 15 is 0 Å². The van der Waals surface area contributed by atoms with Crippen LogP contribution in [0.15, 0.2) is 11.1 Å². The lowest BCUT2D eigenvalue weighted by molar-refractivity contribution is -0.326. The molecule has 10 atom stereocenters. The van der Waals surface area contributed by atoms with Crippen LogP contribution < -0.4 is 0 Å². The lowest BCUT2D eigenvalue weighted by Gasteiger charge is -2.42. The molecule has 7 N–H and O–H groups in total. The van der Waals surface area contributed by atoms with Gasteiger partial charge in [0.05, 0.1) is 13.2 Å². The highest BCUT2D eigenvalue weighted by Gasteiger charge is 2.48. The first kappa shape index (κ1) is 27.4. The summed E-state index contributed by atoms with van der Waals surface area (Å²) in [4.78, 5) is 12.9. The molecule has 0 amide bonds. The normalized spacial score (nSPS) is 43.0. The van der Waals surface area contributed by atoms with Gasteiger partial charge >= 0.3 is 5.97 Å². The predicted molar refractivity (Wildman–Crippen MR) is 113 cm³/mol. The molecule has 196 valence electrons. The molecule has 2 saturated heterocycles.